The minimum atomic E-state index is -1.12. The number of rotatable bonds is 8. The number of nitrogens with one attached hydrogen (secondary N) is 1. The minimum absolute atomic E-state index is 0.0373. The van der Waals surface area contributed by atoms with Crippen molar-refractivity contribution >= 4 is 29.7 Å². The van der Waals surface area contributed by atoms with Crippen LogP contribution >= 0.6 is 0 Å². The van der Waals surface area contributed by atoms with Gasteiger partial charge in [-0.15, -0.1) is 0 Å². The summed E-state index contributed by atoms with van der Waals surface area (Å²) in [6.45, 7) is 6.94. The number of carbonyl (C=O) groups excluding carboxylic acids is 4. The molecule has 0 spiro atoms. The maximum Gasteiger partial charge on any atom is 0.262 e. The third-order valence-electron chi connectivity index (χ3n) is 6.52. The highest BCUT2D eigenvalue weighted by atomic mass is 16.2. The smallest absolute Gasteiger partial charge is 0.262 e. The van der Waals surface area contributed by atoms with Gasteiger partial charge in [0.25, 0.3) is 11.8 Å². The minimum Gasteiger partial charge on any atom is -0.369 e. The third-order valence-corrected chi connectivity index (χ3v) is 6.52. The molecule has 2 fully saturated rings. The quantitative estimate of drug-likeness (QED) is 0.438. The fraction of sp³-hybridized carbons (Fsp3) is 0.545. The van der Waals surface area contributed by atoms with Crippen molar-refractivity contribution in [3.8, 4) is 0 Å². The largest absolute Gasteiger partial charge is 0.369 e. The topological polar surface area (TPSA) is 116 Å². The fourth-order valence-corrected chi connectivity index (χ4v) is 4.78. The van der Waals surface area contributed by atoms with Gasteiger partial charge < -0.3 is 20.7 Å². The van der Waals surface area contributed by atoms with Crippen molar-refractivity contribution in [3.05, 3.63) is 29.3 Å². The standard InChI is InChI=1S/C22H29N5O4/c23-20(29)19(2-1-11-28)27-21(30)17-4-3-16(12-18(17)22(27)31)26-9-7-25(8-10-26)14-15-5-6-24-13-15/h3-4,11-12,15,19,24H,1-2,5-10,13-14H2,(H2,23,29). The summed E-state index contributed by atoms with van der Waals surface area (Å²) in [6, 6.07) is 4.13. The summed E-state index contributed by atoms with van der Waals surface area (Å²) >= 11 is 0. The van der Waals surface area contributed by atoms with E-state index in [1.165, 1.54) is 6.42 Å². The van der Waals surface area contributed by atoms with Crippen molar-refractivity contribution in [1.82, 2.24) is 15.1 Å². The van der Waals surface area contributed by atoms with Crippen LogP contribution in [0.5, 0.6) is 0 Å². The van der Waals surface area contributed by atoms with Crippen LogP contribution in [-0.2, 0) is 9.59 Å². The van der Waals surface area contributed by atoms with Crippen LogP contribution in [0.2, 0.25) is 0 Å². The van der Waals surface area contributed by atoms with Crippen LogP contribution in [0.1, 0.15) is 40.0 Å². The van der Waals surface area contributed by atoms with E-state index in [2.05, 4.69) is 15.1 Å². The van der Waals surface area contributed by atoms with Crippen LogP contribution in [0.3, 0.4) is 0 Å². The molecule has 3 N–H and O–H groups in total. The highest BCUT2D eigenvalue weighted by molar-refractivity contribution is 6.23. The molecule has 3 heterocycles. The molecule has 3 aliphatic rings. The zero-order chi connectivity index (χ0) is 22.0. The zero-order valence-electron chi connectivity index (χ0n) is 17.6. The van der Waals surface area contributed by atoms with Gasteiger partial charge >= 0.3 is 0 Å². The molecule has 9 heteroatoms. The zero-order valence-corrected chi connectivity index (χ0v) is 17.6. The Morgan fingerprint density at radius 2 is 1.90 bits per heavy atom. The van der Waals surface area contributed by atoms with E-state index < -0.39 is 23.8 Å². The maximum atomic E-state index is 13.0. The predicted octanol–water partition coefficient (Wildman–Crippen LogP) is -0.153. The number of hydrogen-bond acceptors (Lipinski definition) is 7. The number of anilines is 1. The van der Waals surface area contributed by atoms with Crippen LogP contribution < -0.4 is 16.0 Å². The van der Waals surface area contributed by atoms with E-state index in [0.717, 1.165) is 62.3 Å². The Morgan fingerprint density at radius 3 is 2.55 bits per heavy atom. The Morgan fingerprint density at radius 1 is 1.16 bits per heavy atom. The molecule has 0 radical (unpaired) electrons. The van der Waals surface area contributed by atoms with Gasteiger partial charge in [-0.25, -0.2) is 0 Å². The predicted molar refractivity (Wildman–Crippen MR) is 115 cm³/mol. The lowest BCUT2D eigenvalue weighted by Crippen LogP contribution is -2.48. The summed E-state index contributed by atoms with van der Waals surface area (Å²) in [4.78, 5) is 54.0. The van der Waals surface area contributed by atoms with Gasteiger partial charge in [0.1, 0.15) is 12.3 Å². The first-order valence-corrected chi connectivity index (χ1v) is 10.9. The van der Waals surface area contributed by atoms with E-state index in [4.69, 9.17) is 5.73 Å². The monoisotopic (exact) mass is 427 g/mol. The van der Waals surface area contributed by atoms with Crippen molar-refractivity contribution in [2.75, 3.05) is 50.7 Å². The number of amides is 3. The van der Waals surface area contributed by atoms with Gasteiger partial charge in [0, 0.05) is 44.8 Å². The molecule has 4 rings (SSSR count). The summed E-state index contributed by atoms with van der Waals surface area (Å²) in [7, 11) is 0. The normalized spacial score (nSPS) is 22.6. The number of imide groups is 1. The van der Waals surface area contributed by atoms with E-state index in [9.17, 15) is 19.2 Å². The number of primary amides is 1. The van der Waals surface area contributed by atoms with Crippen LogP contribution in [0, 0.1) is 5.92 Å². The fourth-order valence-electron chi connectivity index (χ4n) is 4.78. The average molecular weight is 428 g/mol. The van der Waals surface area contributed by atoms with E-state index in [1.54, 1.807) is 12.1 Å². The number of aldehydes is 1. The molecule has 1 aromatic carbocycles. The average Bonchev–Trinajstić information content (AvgIpc) is 3.36. The molecule has 3 aliphatic heterocycles. The van der Waals surface area contributed by atoms with Gasteiger partial charge in [0.05, 0.1) is 11.1 Å². The highest BCUT2D eigenvalue weighted by Crippen LogP contribution is 2.30. The molecule has 166 valence electrons. The summed E-state index contributed by atoms with van der Waals surface area (Å²) in [5.74, 6) is -1.12. The first kappa shape index (κ1) is 21.5. The molecular formula is C22H29N5O4. The van der Waals surface area contributed by atoms with Gasteiger partial charge in [0.2, 0.25) is 5.91 Å². The number of carbonyl (C=O) groups is 4. The van der Waals surface area contributed by atoms with E-state index in [0.29, 0.717) is 11.8 Å². The molecule has 2 atom stereocenters. The number of nitrogens with two attached hydrogens (primary N) is 1. The van der Waals surface area contributed by atoms with Gasteiger partial charge in [0.15, 0.2) is 0 Å². The van der Waals surface area contributed by atoms with E-state index >= 15 is 0 Å². The van der Waals surface area contributed by atoms with Crippen LogP contribution in [0.4, 0.5) is 5.69 Å². The summed E-state index contributed by atoms with van der Waals surface area (Å²) in [6.07, 6.45) is 1.97. The lowest BCUT2D eigenvalue weighted by Gasteiger charge is -2.37. The Hall–Kier alpha value is -2.78. The Kier molecular flexibility index (Phi) is 6.33. The molecule has 3 amide bonds. The Labute approximate surface area is 181 Å². The molecule has 9 nitrogen and oxygen atoms in total. The molecule has 2 saturated heterocycles. The molecule has 31 heavy (non-hydrogen) atoms. The second kappa shape index (κ2) is 9.15. The van der Waals surface area contributed by atoms with Crippen molar-refractivity contribution in [3.63, 3.8) is 0 Å². The number of benzene rings is 1. The van der Waals surface area contributed by atoms with E-state index in [-0.39, 0.29) is 18.4 Å². The number of hydrogen-bond donors (Lipinski definition) is 2. The molecule has 0 aromatic heterocycles. The van der Waals surface area contributed by atoms with Crippen LogP contribution in [0.25, 0.3) is 0 Å². The number of nitrogens with zero attached hydrogens (tertiary/aromatic N) is 3. The summed E-state index contributed by atoms with van der Waals surface area (Å²) in [5, 5.41) is 3.41. The number of fused-ring (bicyclic) bond motifs is 1. The molecule has 0 bridgehead atoms. The van der Waals surface area contributed by atoms with Crippen LogP contribution in [0.15, 0.2) is 18.2 Å². The first-order chi connectivity index (χ1) is 15.0. The maximum absolute atomic E-state index is 13.0. The second-order valence-electron chi connectivity index (χ2n) is 8.52. The van der Waals surface area contributed by atoms with Crippen molar-refractivity contribution in [2.24, 2.45) is 11.7 Å². The molecule has 2 unspecified atom stereocenters. The SMILES string of the molecule is NC(=O)C(CCC=O)N1C(=O)c2ccc(N3CCN(CC4CCNC4)CC3)cc2C1=O. The summed E-state index contributed by atoms with van der Waals surface area (Å²) < 4.78 is 0. The van der Waals surface area contributed by atoms with Crippen molar-refractivity contribution in [1.29, 1.82) is 0 Å². The van der Waals surface area contributed by atoms with Crippen molar-refractivity contribution in [2.45, 2.75) is 25.3 Å². The lowest BCUT2D eigenvalue weighted by atomic mass is 10.1. The van der Waals surface area contributed by atoms with Gasteiger partial charge in [-0.3, -0.25) is 24.2 Å². The molecule has 0 saturated carbocycles. The molecule has 1 aromatic rings. The highest BCUT2D eigenvalue weighted by Gasteiger charge is 2.42. The lowest BCUT2D eigenvalue weighted by molar-refractivity contribution is -0.122. The van der Waals surface area contributed by atoms with Gasteiger partial charge in [-0.2, -0.15) is 0 Å². The third kappa shape index (κ3) is 4.33. The van der Waals surface area contributed by atoms with Crippen molar-refractivity contribution < 1.29 is 19.2 Å². The Balaban J connectivity index is 1.44. The first-order valence-electron chi connectivity index (χ1n) is 10.9. The molecular weight excluding hydrogens is 398 g/mol. The molecule has 0 aliphatic carbocycles. The second-order valence-corrected chi connectivity index (χ2v) is 8.52. The Bertz CT molecular complexity index is 875. The van der Waals surface area contributed by atoms with Gasteiger partial charge in [-0.05, 0) is 50.0 Å². The summed E-state index contributed by atoms with van der Waals surface area (Å²) in [5.41, 5.74) is 6.88. The van der Waals surface area contributed by atoms with Gasteiger partial charge in [-0.1, -0.05) is 0 Å². The van der Waals surface area contributed by atoms with Crippen LogP contribution in [-0.4, -0.2) is 85.7 Å². The number of piperazine rings is 1. The van der Waals surface area contributed by atoms with E-state index in [1.807, 2.05) is 6.07 Å².